The number of nitrogens with zero attached hydrogens (tertiary/aromatic N) is 1. The van der Waals surface area contributed by atoms with Crippen LogP contribution in [-0.4, -0.2) is 43.9 Å². The summed E-state index contributed by atoms with van der Waals surface area (Å²) >= 11 is 0. The van der Waals surface area contributed by atoms with E-state index in [-0.39, 0.29) is 18.2 Å². The molecule has 2 heterocycles. The molecule has 0 amide bonds. The van der Waals surface area contributed by atoms with E-state index in [1.807, 2.05) is 32.0 Å². The van der Waals surface area contributed by atoms with Gasteiger partial charge >= 0.3 is 5.97 Å². The highest BCUT2D eigenvalue weighted by molar-refractivity contribution is 5.78. The fourth-order valence-electron chi connectivity index (χ4n) is 7.23. The molecular formula is C35H40FN2O5+. The lowest BCUT2D eigenvalue weighted by molar-refractivity contribution is -0.927. The number of oxazole rings is 1. The van der Waals surface area contributed by atoms with Crippen LogP contribution in [0.5, 0.6) is 11.5 Å². The van der Waals surface area contributed by atoms with Crippen molar-refractivity contribution in [1.29, 1.82) is 0 Å². The summed E-state index contributed by atoms with van der Waals surface area (Å²) in [6.45, 7) is 7.07. The van der Waals surface area contributed by atoms with Gasteiger partial charge in [-0.1, -0.05) is 18.2 Å². The molecule has 8 heteroatoms. The summed E-state index contributed by atoms with van der Waals surface area (Å²) in [5.74, 6) is 2.99. The molecular weight excluding hydrogens is 547 g/mol. The van der Waals surface area contributed by atoms with Crippen LogP contribution in [0.25, 0.3) is 22.2 Å². The van der Waals surface area contributed by atoms with E-state index in [1.165, 1.54) is 44.1 Å². The van der Waals surface area contributed by atoms with Crippen LogP contribution >= 0.6 is 0 Å². The predicted molar refractivity (Wildman–Crippen MR) is 162 cm³/mol. The standard InChI is InChI=1S/C35H39FN2O5/c1-4-41-31-17-23(18-32(42-5-2)35(31)24-7-10-26(36)11-8-24)21-38-15-14-27-25(9-12-29(27)38)20-33-37-28-16-22(19-34(39)40-3)6-13-30(28)43-33/h6-8,10-11,13,16-18,25,27,29H,4-5,9,12,14-15,19-21H2,1-3H3/p+1/t25?,27-,29+/m0/s1. The monoisotopic (exact) mass is 587 g/mol. The largest absolute Gasteiger partial charge is 0.493 e. The molecule has 3 aromatic carbocycles. The van der Waals surface area contributed by atoms with Crippen LogP contribution in [0.4, 0.5) is 4.39 Å². The number of halogens is 1. The number of esters is 1. The minimum atomic E-state index is -0.265. The minimum Gasteiger partial charge on any atom is -0.493 e. The van der Waals surface area contributed by atoms with Crippen molar-refractivity contribution in [1.82, 2.24) is 4.98 Å². The normalized spacial score (nSPS) is 21.2. The first-order chi connectivity index (χ1) is 20.9. The fourth-order valence-corrected chi connectivity index (χ4v) is 7.23. The Morgan fingerprint density at radius 1 is 0.977 bits per heavy atom. The summed E-state index contributed by atoms with van der Waals surface area (Å²) in [5.41, 5.74) is 5.38. The van der Waals surface area contributed by atoms with Gasteiger partial charge < -0.3 is 23.5 Å². The number of methoxy groups -OCH3 is 1. The molecule has 0 radical (unpaired) electrons. The third-order valence-corrected chi connectivity index (χ3v) is 9.09. The van der Waals surface area contributed by atoms with E-state index in [9.17, 15) is 9.18 Å². The van der Waals surface area contributed by atoms with E-state index in [4.69, 9.17) is 23.6 Å². The highest BCUT2D eigenvalue weighted by atomic mass is 19.1. The molecule has 1 saturated heterocycles. The number of hydrogen-bond donors (Lipinski definition) is 1. The van der Waals surface area contributed by atoms with Crippen molar-refractivity contribution in [3.05, 3.63) is 77.4 Å². The van der Waals surface area contributed by atoms with Gasteiger partial charge in [0.15, 0.2) is 11.5 Å². The smallest absolute Gasteiger partial charge is 0.309 e. The maximum absolute atomic E-state index is 13.7. The molecule has 4 atom stereocenters. The quantitative estimate of drug-likeness (QED) is 0.231. The third-order valence-electron chi connectivity index (χ3n) is 9.09. The number of rotatable bonds is 11. The van der Waals surface area contributed by atoms with Gasteiger partial charge in [0.2, 0.25) is 0 Å². The maximum Gasteiger partial charge on any atom is 0.309 e. The minimum absolute atomic E-state index is 0.229. The Morgan fingerprint density at radius 2 is 1.72 bits per heavy atom. The van der Waals surface area contributed by atoms with Crippen LogP contribution in [0.1, 0.15) is 50.1 Å². The molecule has 1 aromatic heterocycles. The molecule has 6 rings (SSSR count). The lowest BCUT2D eigenvalue weighted by Crippen LogP contribution is -3.12. The zero-order valence-electron chi connectivity index (χ0n) is 25.2. The molecule has 226 valence electrons. The molecule has 4 aromatic rings. The molecule has 0 bridgehead atoms. The first-order valence-corrected chi connectivity index (χ1v) is 15.4. The van der Waals surface area contributed by atoms with Crippen molar-refractivity contribution in [2.24, 2.45) is 11.8 Å². The van der Waals surface area contributed by atoms with Gasteiger partial charge in [0.25, 0.3) is 0 Å². The molecule has 1 saturated carbocycles. The summed E-state index contributed by atoms with van der Waals surface area (Å²) in [5, 5.41) is 0. The van der Waals surface area contributed by atoms with E-state index in [2.05, 4.69) is 12.1 Å². The number of benzene rings is 3. The number of likely N-dealkylation sites (tertiary alicyclic amines) is 1. The number of carbonyl (C=O) groups is 1. The van der Waals surface area contributed by atoms with Crippen molar-refractivity contribution >= 4 is 17.1 Å². The first kappa shape index (κ1) is 29.2. The summed E-state index contributed by atoms with van der Waals surface area (Å²) in [6.07, 6.45) is 4.62. The molecule has 7 nitrogen and oxygen atoms in total. The van der Waals surface area contributed by atoms with Gasteiger partial charge in [-0.3, -0.25) is 4.79 Å². The Hall–Kier alpha value is -3.91. The molecule has 1 aliphatic heterocycles. The second-order valence-electron chi connectivity index (χ2n) is 11.7. The SMILES string of the molecule is CCOc1cc(C[NH+]2CC[C@H]3C(Cc4nc5cc(CC(=O)OC)ccc5o4)CC[C@H]32)cc(OCC)c1-c1ccc(F)cc1. The average molecular weight is 588 g/mol. The zero-order chi connectivity index (χ0) is 29.9. The molecule has 2 unspecified atom stereocenters. The Balaban J connectivity index is 1.17. The number of carbonyl (C=O) groups excluding carboxylic acids is 1. The predicted octanol–water partition coefficient (Wildman–Crippen LogP) is 5.57. The van der Waals surface area contributed by atoms with Crippen molar-refractivity contribution < 1.29 is 32.7 Å². The summed E-state index contributed by atoms with van der Waals surface area (Å²) in [7, 11) is 1.40. The van der Waals surface area contributed by atoms with Gasteiger partial charge in [0.05, 0.1) is 44.9 Å². The Kier molecular flexibility index (Phi) is 8.66. The Bertz CT molecular complexity index is 1560. The van der Waals surface area contributed by atoms with Crippen LogP contribution in [-0.2, 0) is 28.9 Å². The van der Waals surface area contributed by atoms with Crippen LogP contribution in [0, 0.1) is 17.7 Å². The molecule has 1 N–H and O–H groups in total. The summed E-state index contributed by atoms with van der Waals surface area (Å²) < 4.78 is 36.8. The molecule has 2 aliphatic rings. The number of fused-ring (bicyclic) bond motifs is 2. The number of ether oxygens (including phenoxy) is 3. The van der Waals surface area contributed by atoms with E-state index in [0.29, 0.717) is 31.1 Å². The fraction of sp³-hybridized carbons (Fsp3) is 0.429. The lowest BCUT2D eigenvalue weighted by Gasteiger charge is -2.23. The van der Waals surface area contributed by atoms with Gasteiger partial charge in [0, 0.05) is 24.3 Å². The number of quaternary nitrogens is 1. The van der Waals surface area contributed by atoms with Gasteiger partial charge in [-0.15, -0.1) is 0 Å². The highest BCUT2D eigenvalue weighted by Gasteiger charge is 2.47. The van der Waals surface area contributed by atoms with Crippen LogP contribution in [0.2, 0.25) is 0 Å². The maximum atomic E-state index is 13.7. The molecule has 1 aliphatic carbocycles. The Labute approximate surface area is 251 Å². The van der Waals surface area contributed by atoms with Crippen molar-refractivity contribution in [2.45, 2.75) is 58.5 Å². The van der Waals surface area contributed by atoms with E-state index in [1.54, 1.807) is 17.0 Å². The zero-order valence-corrected chi connectivity index (χ0v) is 25.2. The average Bonchev–Trinajstić information content (AvgIpc) is 3.70. The second-order valence-corrected chi connectivity index (χ2v) is 11.7. The first-order valence-electron chi connectivity index (χ1n) is 15.4. The highest BCUT2D eigenvalue weighted by Crippen LogP contribution is 2.41. The summed E-state index contributed by atoms with van der Waals surface area (Å²) in [6, 6.07) is 17.1. The third kappa shape index (κ3) is 6.25. The van der Waals surface area contributed by atoms with Gasteiger partial charge in [-0.05, 0) is 80.1 Å². The lowest BCUT2D eigenvalue weighted by atomic mass is 9.90. The van der Waals surface area contributed by atoms with Gasteiger partial charge in [-0.2, -0.15) is 0 Å². The molecule has 0 spiro atoms. The van der Waals surface area contributed by atoms with E-state index in [0.717, 1.165) is 64.7 Å². The summed E-state index contributed by atoms with van der Waals surface area (Å²) in [4.78, 5) is 18.1. The number of aromatic nitrogens is 1. The van der Waals surface area contributed by atoms with Crippen LogP contribution in [0.3, 0.4) is 0 Å². The topological polar surface area (TPSA) is 75.2 Å². The number of hydrogen-bond acceptors (Lipinski definition) is 6. The Morgan fingerprint density at radius 3 is 2.42 bits per heavy atom. The van der Waals surface area contributed by atoms with Crippen LogP contribution in [0.15, 0.2) is 59.0 Å². The van der Waals surface area contributed by atoms with Gasteiger partial charge in [-0.25, -0.2) is 9.37 Å². The van der Waals surface area contributed by atoms with Gasteiger partial charge in [0.1, 0.15) is 29.4 Å². The number of nitrogens with one attached hydrogen (secondary N) is 1. The molecule has 43 heavy (non-hydrogen) atoms. The second kappa shape index (κ2) is 12.8. The van der Waals surface area contributed by atoms with Crippen molar-refractivity contribution in [2.75, 3.05) is 26.9 Å². The van der Waals surface area contributed by atoms with E-state index >= 15 is 0 Å². The van der Waals surface area contributed by atoms with Crippen molar-refractivity contribution in [3.8, 4) is 22.6 Å². The van der Waals surface area contributed by atoms with Crippen LogP contribution < -0.4 is 14.4 Å². The molecule has 2 fully saturated rings. The van der Waals surface area contributed by atoms with E-state index < -0.39 is 0 Å². The van der Waals surface area contributed by atoms with Crippen molar-refractivity contribution in [3.63, 3.8) is 0 Å².